The Morgan fingerprint density at radius 2 is 2.19 bits per heavy atom. The second-order valence-corrected chi connectivity index (χ2v) is 4.68. The van der Waals surface area contributed by atoms with Crippen LogP contribution in [0.25, 0.3) is 0 Å². The quantitative estimate of drug-likeness (QED) is 0.793. The highest BCUT2D eigenvalue weighted by Crippen LogP contribution is 2.12. The van der Waals surface area contributed by atoms with Gasteiger partial charge < -0.3 is 10.4 Å². The second-order valence-electron chi connectivity index (χ2n) is 4.41. The molecule has 1 aromatic carbocycles. The minimum absolute atomic E-state index is 0.101. The van der Waals surface area contributed by atoms with Gasteiger partial charge in [0.1, 0.15) is 5.75 Å². The smallest absolute Gasteiger partial charge is 0.224 e. The van der Waals surface area contributed by atoms with Crippen molar-refractivity contribution in [1.82, 2.24) is 5.32 Å². The van der Waals surface area contributed by atoms with Crippen molar-refractivity contribution in [2.45, 2.75) is 25.8 Å². The number of amides is 1. The molecule has 1 aromatic rings. The number of carbonyl (C=O) groups excluding carboxylic acids is 1. The Hall–Kier alpha value is -1.22. The first-order valence-corrected chi connectivity index (χ1v) is 5.61. The number of alkyl halides is 1. The van der Waals surface area contributed by atoms with Crippen molar-refractivity contribution >= 4 is 17.5 Å². The Bertz CT molecular complexity index is 377. The van der Waals surface area contributed by atoms with E-state index in [1.165, 1.54) is 0 Å². The number of benzene rings is 1. The van der Waals surface area contributed by atoms with Crippen LogP contribution in [0.3, 0.4) is 0 Å². The minimum atomic E-state index is -0.407. The van der Waals surface area contributed by atoms with Crippen molar-refractivity contribution in [2.24, 2.45) is 0 Å². The molecule has 1 rings (SSSR count). The lowest BCUT2D eigenvalue weighted by molar-refractivity contribution is -0.121. The van der Waals surface area contributed by atoms with Crippen LogP contribution in [0.15, 0.2) is 24.3 Å². The number of hydrogen-bond acceptors (Lipinski definition) is 2. The van der Waals surface area contributed by atoms with Crippen molar-refractivity contribution < 1.29 is 9.90 Å². The molecule has 0 aliphatic carbocycles. The second kappa shape index (κ2) is 5.21. The molecule has 0 bridgehead atoms. The van der Waals surface area contributed by atoms with E-state index in [2.05, 4.69) is 5.32 Å². The predicted octanol–water partition coefficient (Wildman–Crippen LogP) is 2.07. The summed E-state index contributed by atoms with van der Waals surface area (Å²) >= 11 is 5.71. The van der Waals surface area contributed by atoms with E-state index in [0.29, 0.717) is 5.88 Å². The standard InChI is InChI=1S/C12H16ClNO2/c1-12(2,8-13)14-11(16)7-9-4-3-5-10(15)6-9/h3-6,15H,7-8H2,1-2H3,(H,14,16). The van der Waals surface area contributed by atoms with E-state index >= 15 is 0 Å². The fourth-order valence-corrected chi connectivity index (χ4v) is 1.37. The van der Waals surface area contributed by atoms with Gasteiger partial charge in [0.25, 0.3) is 0 Å². The molecule has 0 aliphatic heterocycles. The van der Waals surface area contributed by atoms with Gasteiger partial charge in [-0.1, -0.05) is 12.1 Å². The van der Waals surface area contributed by atoms with E-state index in [0.717, 1.165) is 5.56 Å². The summed E-state index contributed by atoms with van der Waals surface area (Å²) in [5.41, 5.74) is 0.373. The largest absolute Gasteiger partial charge is 0.508 e. The first-order chi connectivity index (χ1) is 7.43. The Morgan fingerprint density at radius 1 is 1.50 bits per heavy atom. The fraction of sp³-hybridized carbons (Fsp3) is 0.417. The van der Waals surface area contributed by atoms with Crippen LogP contribution in [-0.2, 0) is 11.2 Å². The molecule has 16 heavy (non-hydrogen) atoms. The summed E-state index contributed by atoms with van der Waals surface area (Å²) in [6, 6.07) is 6.66. The van der Waals surface area contributed by atoms with Gasteiger partial charge in [0, 0.05) is 11.4 Å². The number of aromatic hydroxyl groups is 1. The number of nitrogens with one attached hydrogen (secondary N) is 1. The Kier molecular flexibility index (Phi) is 4.19. The van der Waals surface area contributed by atoms with Crippen LogP contribution in [0.2, 0.25) is 0 Å². The zero-order valence-electron chi connectivity index (χ0n) is 9.46. The van der Waals surface area contributed by atoms with Gasteiger partial charge in [0.15, 0.2) is 0 Å². The summed E-state index contributed by atoms with van der Waals surface area (Å²) in [5.74, 6) is 0.428. The van der Waals surface area contributed by atoms with Crippen LogP contribution >= 0.6 is 11.6 Å². The van der Waals surface area contributed by atoms with Crippen molar-refractivity contribution in [3.05, 3.63) is 29.8 Å². The third-order valence-corrected chi connectivity index (χ3v) is 2.76. The minimum Gasteiger partial charge on any atom is -0.508 e. The van der Waals surface area contributed by atoms with Crippen LogP contribution in [0.4, 0.5) is 0 Å². The third kappa shape index (κ3) is 4.11. The third-order valence-electron chi connectivity index (χ3n) is 2.09. The lowest BCUT2D eigenvalue weighted by Gasteiger charge is -2.23. The number of hydrogen-bond donors (Lipinski definition) is 2. The van der Waals surface area contributed by atoms with E-state index < -0.39 is 5.54 Å². The lowest BCUT2D eigenvalue weighted by Crippen LogP contribution is -2.45. The van der Waals surface area contributed by atoms with Crippen molar-refractivity contribution in [2.75, 3.05) is 5.88 Å². The van der Waals surface area contributed by atoms with Gasteiger partial charge in [-0.3, -0.25) is 4.79 Å². The van der Waals surface area contributed by atoms with Crippen LogP contribution < -0.4 is 5.32 Å². The molecule has 0 saturated heterocycles. The van der Waals surface area contributed by atoms with Gasteiger partial charge in [0.2, 0.25) is 5.91 Å². The summed E-state index contributed by atoms with van der Waals surface area (Å²) in [5, 5.41) is 12.1. The average molecular weight is 242 g/mol. The number of phenols is 1. The molecule has 0 atom stereocenters. The first-order valence-electron chi connectivity index (χ1n) is 5.08. The topological polar surface area (TPSA) is 49.3 Å². The molecule has 88 valence electrons. The van der Waals surface area contributed by atoms with Gasteiger partial charge in [-0.25, -0.2) is 0 Å². The number of carbonyl (C=O) groups is 1. The maximum Gasteiger partial charge on any atom is 0.224 e. The highest BCUT2D eigenvalue weighted by atomic mass is 35.5. The molecule has 0 spiro atoms. The van der Waals surface area contributed by atoms with Gasteiger partial charge in [-0.2, -0.15) is 0 Å². The maximum atomic E-state index is 11.6. The summed E-state index contributed by atoms with van der Waals surface area (Å²) in [4.78, 5) is 11.6. The van der Waals surface area contributed by atoms with Crippen LogP contribution in [-0.4, -0.2) is 22.4 Å². The average Bonchev–Trinajstić information content (AvgIpc) is 2.16. The first kappa shape index (κ1) is 12.8. The molecular formula is C12H16ClNO2. The summed E-state index contributed by atoms with van der Waals surface area (Å²) in [6.45, 7) is 3.72. The zero-order chi connectivity index (χ0) is 12.2. The molecular weight excluding hydrogens is 226 g/mol. The maximum absolute atomic E-state index is 11.6. The SMILES string of the molecule is CC(C)(CCl)NC(=O)Cc1cccc(O)c1. The highest BCUT2D eigenvalue weighted by Gasteiger charge is 2.18. The molecule has 0 aromatic heterocycles. The zero-order valence-corrected chi connectivity index (χ0v) is 10.2. The normalized spacial score (nSPS) is 11.2. The van der Waals surface area contributed by atoms with E-state index in [1.54, 1.807) is 24.3 Å². The molecule has 0 heterocycles. The number of halogens is 1. The fourth-order valence-electron chi connectivity index (χ4n) is 1.31. The summed E-state index contributed by atoms with van der Waals surface area (Å²) < 4.78 is 0. The van der Waals surface area contributed by atoms with Crippen molar-refractivity contribution in [3.8, 4) is 5.75 Å². The van der Waals surface area contributed by atoms with E-state index in [1.807, 2.05) is 13.8 Å². The Morgan fingerprint density at radius 3 is 2.75 bits per heavy atom. The van der Waals surface area contributed by atoms with Gasteiger partial charge in [-0.15, -0.1) is 11.6 Å². The molecule has 0 fully saturated rings. The molecule has 1 amide bonds. The van der Waals surface area contributed by atoms with Crippen LogP contribution in [0.1, 0.15) is 19.4 Å². The Balaban J connectivity index is 2.59. The number of rotatable bonds is 4. The molecule has 0 unspecified atom stereocenters. The van der Waals surface area contributed by atoms with E-state index in [9.17, 15) is 9.90 Å². The van der Waals surface area contributed by atoms with Crippen molar-refractivity contribution in [1.29, 1.82) is 0 Å². The summed E-state index contributed by atoms with van der Waals surface area (Å²) in [6.07, 6.45) is 0.245. The molecule has 3 nitrogen and oxygen atoms in total. The van der Waals surface area contributed by atoms with E-state index in [-0.39, 0.29) is 18.1 Å². The number of phenolic OH excluding ortho intramolecular Hbond substituents is 1. The highest BCUT2D eigenvalue weighted by molar-refractivity contribution is 6.18. The molecule has 4 heteroatoms. The molecule has 0 saturated carbocycles. The molecule has 0 aliphatic rings. The summed E-state index contributed by atoms with van der Waals surface area (Å²) in [7, 11) is 0. The van der Waals surface area contributed by atoms with Crippen LogP contribution in [0.5, 0.6) is 5.75 Å². The molecule has 2 N–H and O–H groups in total. The Labute approximate surface area is 100 Å². The predicted molar refractivity (Wildman–Crippen MR) is 64.8 cm³/mol. The van der Waals surface area contributed by atoms with Crippen molar-refractivity contribution in [3.63, 3.8) is 0 Å². The van der Waals surface area contributed by atoms with Gasteiger partial charge >= 0.3 is 0 Å². The monoisotopic (exact) mass is 241 g/mol. The lowest BCUT2D eigenvalue weighted by atomic mass is 10.1. The van der Waals surface area contributed by atoms with Crippen LogP contribution in [0, 0.1) is 0 Å². The van der Waals surface area contributed by atoms with E-state index in [4.69, 9.17) is 11.6 Å². The van der Waals surface area contributed by atoms with Gasteiger partial charge in [-0.05, 0) is 31.5 Å². The molecule has 0 radical (unpaired) electrons. The van der Waals surface area contributed by atoms with Gasteiger partial charge in [0.05, 0.1) is 6.42 Å².